The van der Waals surface area contributed by atoms with E-state index in [0.717, 1.165) is 116 Å². The molecule has 2 fully saturated rings. The zero-order valence-corrected chi connectivity index (χ0v) is 36.7. The minimum Gasteiger partial charge on any atom is -0.463 e. The average molecular weight is 798 g/mol. The van der Waals surface area contributed by atoms with Crippen LogP contribution in [0.4, 0.5) is 0 Å². The van der Waals surface area contributed by atoms with Gasteiger partial charge in [0.15, 0.2) is 12.2 Å². The molecule has 0 aromatic heterocycles. The topological polar surface area (TPSA) is 91.4 Å². The highest BCUT2D eigenvalue weighted by molar-refractivity contribution is 5.71. The van der Waals surface area contributed by atoms with Gasteiger partial charge in [0.2, 0.25) is 0 Å². The van der Waals surface area contributed by atoms with Gasteiger partial charge in [0, 0.05) is 18.9 Å². The van der Waals surface area contributed by atoms with Gasteiger partial charge in [-0.3, -0.25) is 14.4 Å². The molecule has 2 saturated heterocycles. The van der Waals surface area contributed by atoms with E-state index in [1.54, 1.807) is 0 Å². The van der Waals surface area contributed by atoms with E-state index in [0.29, 0.717) is 19.3 Å². The second-order valence-electron chi connectivity index (χ2n) is 16.3. The zero-order valence-electron chi connectivity index (χ0n) is 36.7. The lowest BCUT2D eigenvalue weighted by Gasteiger charge is -2.31. The maximum atomic E-state index is 13.0. The number of esters is 3. The molecule has 0 spiro atoms. The molecule has 0 saturated carbocycles. The van der Waals surface area contributed by atoms with E-state index in [4.69, 9.17) is 18.9 Å². The van der Waals surface area contributed by atoms with E-state index in [9.17, 15) is 14.4 Å². The van der Waals surface area contributed by atoms with Gasteiger partial charge in [0.25, 0.3) is 0 Å². The summed E-state index contributed by atoms with van der Waals surface area (Å²) in [7, 11) is 2.05. The second kappa shape index (κ2) is 35.3. The van der Waals surface area contributed by atoms with Crippen molar-refractivity contribution < 1.29 is 33.3 Å². The summed E-state index contributed by atoms with van der Waals surface area (Å²) in [4.78, 5) is 40.9. The Labute approximate surface area is 348 Å². The first-order chi connectivity index (χ1) is 27.9. The molecule has 0 radical (unpaired) electrons. The predicted octanol–water partition coefficient (Wildman–Crippen LogP) is 12.3. The molecule has 0 amide bonds. The van der Waals surface area contributed by atoms with Crippen molar-refractivity contribution in [2.45, 2.75) is 218 Å². The lowest BCUT2D eigenvalue weighted by Crippen LogP contribution is -2.41. The van der Waals surface area contributed by atoms with E-state index in [1.165, 1.54) is 51.4 Å². The van der Waals surface area contributed by atoms with Crippen LogP contribution in [0.25, 0.3) is 0 Å². The van der Waals surface area contributed by atoms with Crippen molar-refractivity contribution in [2.75, 3.05) is 26.8 Å². The Hall–Kier alpha value is -2.71. The number of nitrogens with zero attached hydrogens (tertiary/aromatic N) is 1. The Morgan fingerprint density at radius 3 is 1.61 bits per heavy atom. The van der Waals surface area contributed by atoms with Crippen LogP contribution in [0.5, 0.6) is 0 Å². The van der Waals surface area contributed by atoms with E-state index < -0.39 is 18.3 Å². The third kappa shape index (κ3) is 26.8. The van der Waals surface area contributed by atoms with Gasteiger partial charge < -0.3 is 23.8 Å². The molecule has 0 bridgehead atoms. The van der Waals surface area contributed by atoms with Crippen molar-refractivity contribution in [1.82, 2.24) is 4.90 Å². The third-order valence-corrected chi connectivity index (χ3v) is 11.2. The van der Waals surface area contributed by atoms with E-state index in [-0.39, 0.29) is 37.2 Å². The molecule has 0 aliphatic carbocycles. The quantitative estimate of drug-likeness (QED) is 0.0275. The Kier molecular flexibility index (Phi) is 31.2. The van der Waals surface area contributed by atoms with Crippen LogP contribution >= 0.6 is 0 Å². The molecule has 2 aliphatic heterocycles. The van der Waals surface area contributed by atoms with Crippen LogP contribution in [0.2, 0.25) is 0 Å². The summed E-state index contributed by atoms with van der Waals surface area (Å²) in [5.41, 5.74) is 0. The Balaban J connectivity index is 1.69. The molecular formula is C49H83NO7. The fourth-order valence-electron chi connectivity index (χ4n) is 7.47. The number of likely N-dealkylation sites (tertiary alicyclic amines) is 1. The maximum Gasteiger partial charge on any atom is 0.307 e. The van der Waals surface area contributed by atoms with Crippen LogP contribution in [-0.4, -0.2) is 74.0 Å². The van der Waals surface area contributed by atoms with Gasteiger partial charge in [0.1, 0.15) is 12.7 Å². The molecule has 8 nitrogen and oxygen atoms in total. The van der Waals surface area contributed by atoms with Gasteiger partial charge >= 0.3 is 17.9 Å². The minimum absolute atomic E-state index is 0.0319. The molecule has 8 heteroatoms. The van der Waals surface area contributed by atoms with E-state index >= 15 is 0 Å². The second-order valence-corrected chi connectivity index (χ2v) is 16.3. The molecular weight excluding hydrogens is 715 g/mol. The number of hydrogen-bond donors (Lipinski definition) is 0. The number of unbranched alkanes of at least 4 members (excludes halogenated alkanes) is 16. The van der Waals surface area contributed by atoms with Crippen molar-refractivity contribution >= 4 is 17.9 Å². The van der Waals surface area contributed by atoms with Gasteiger partial charge in [-0.2, -0.15) is 0 Å². The number of ether oxygens (including phenoxy) is 4. The fourth-order valence-corrected chi connectivity index (χ4v) is 7.47. The SMILES string of the molecule is CCCCC/C=C\C/C=C\CCCCCCCC(=O)OC1CO[C@H](COC(=O)CC2CCCCN2C)[C@@H]1OC(=O)CCCCCCC/C=C\C/C=C\CCCCC. The summed E-state index contributed by atoms with van der Waals surface area (Å²) in [5, 5.41) is 0. The van der Waals surface area contributed by atoms with Crippen molar-refractivity contribution in [1.29, 1.82) is 0 Å². The first kappa shape index (κ1) is 50.4. The number of carbonyl (C=O) groups is 3. The molecule has 0 N–H and O–H groups in total. The van der Waals surface area contributed by atoms with E-state index in [1.807, 2.05) is 0 Å². The molecule has 2 heterocycles. The van der Waals surface area contributed by atoms with Crippen LogP contribution in [0.3, 0.4) is 0 Å². The minimum atomic E-state index is -0.797. The first-order valence-electron chi connectivity index (χ1n) is 23.4. The summed E-state index contributed by atoms with van der Waals surface area (Å²) in [6, 6.07) is 0.177. The van der Waals surface area contributed by atoms with Crippen molar-refractivity contribution in [3.63, 3.8) is 0 Å². The molecule has 4 atom stereocenters. The summed E-state index contributed by atoms with van der Waals surface area (Å²) in [6.07, 6.45) is 44.7. The molecule has 57 heavy (non-hydrogen) atoms. The summed E-state index contributed by atoms with van der Waals surface area (Å²) >= 11 is 0. The smallest absolute Gasteiger partial charge is 0.307 e. The van der Waals surface area contributed by atoms with Gasteiger partial charge in [-0.15, -0.1) is 0 Å². The predicted molar refractivity (Wildman–Crippen MR) is 234 cm³/mol. The van der Waals surface area contributed by atoms with Crippen LogP contribution in [0, 0.1) is 0 Å². The van der Waals surface area contributed by atoms with Crippen LogP contribution in [0.1, 0.15) is 194 Å². The van der Waals surface area contributed by atoms with Crippen molar-refractivity contribution in [2.24, 2.45) is 0 Å². The highest BCUT2D eigenvalue weighted by atomic mass is 16.6. The van der Waals surface area contributed by atoms with Gasteiger partial charge in [-0.1, -0.05) is 133 Å². The standard InChI is InChI=1S/C49H83NO7/c1-4-6-8-10-12-14-16-18-20-22-24-26-28-30-32-37-46(51)56-45-42-54-44(41-55-48(53)40-43-36-34-35-39-50(43)3)49(45)57-47(52)38-33-31-29-27-25-23-21-19-17-15-13-11-9-7-5-2/h12-15,18-21,43-45,49H,4-11,16-17,22-42H2,1-3H3/b14-12-,15-13-,20-18-,21-19-/t43?,44-,45?,49+/m1/s1. The van der Waals surface area contributed by atoms with Gasteiger partial charge in [-0.05, 0) is 103 Å². The van der Waals surface area contributed by atoms with Crippen molar-refractivity contribution in [3.05, 3.63) is 48.6 Å². The lowest BCUT2D eigenvalue weighted by molar-refractivity contribution is -0.168. The number of piperidine rings is 1. The summed E-state index contributed by atoms with van der Waals surface area (Å²) < 4.78 is 23.4. The maximum absolute atomic E-state index is 13.0. The zero-order chi connectivity index (χ0) is 41.0. The molecule has 2 rings (SSSR count). The molecule has 2 unspecified atom stereocenters. The Morgan fingerprint density at radius 2 is 1.09 bits per heavy atom. The van der Waals surface area contributed by atoms with Gasteiger partial charge in [0.05, 0.1) is 13.0 Å². The third-order valence-electron chi connectivity index (χ3n) is 11.2. The molecule has 0 aromatic carbocycles. The number of hydrogen-bond acceptors (Lipinski definition) is 8. The van der Waals surface area contributed by atoms with Crippen LogP contribution in [0.15, 0.2) is 48.6 Å². The van der Waals surface area contributed by atoms with Crippen molar-refractivity contribution in [3.8, 4) is 0 Å². The number of rotatable bonds is 34. The number of allylic oxidation sites excluding steroid dienone is 8. The fraction of sp³-hybridized carbons (Fsp3) is 0.776. The highest BCUT2D eigenvalue weighted by Crippen LogP contribution is 2.25. The molecule has 0 aromatic rings. The normalized spacial score (nSPS) is 20.4. The Bertz CT molecular complexity index is 1150. The largest absolute Gasteiger partial charge is 0.463 e. The van der Waals surface area contributed by atoms with Crippen LogP contribution in [-0.2, 0) is 33.3 Å². The molecule has 326 valence electrons. The van der Waals surface area contributed by atoms with Gasteiger partial charge in [-0.25, -0.2) is 0 Å². The Morgan fingerprint density at radius 1 is 0.596 bits per heavy atom. The lowest BCUT2D eigenvalue weighted by atomic mass is 10.0. The first-order valence-corrected chi connectivity index (χ1v) is 23.4. The summed E-state index contributed by atoms with van der Waals surface area (Å²) in [5.74, 6) is -0.914. The van der Waals surface area contributed by atoms with E-state index in [2.05, 4.69) is 74.4 Å². The van der Waals surface area contributed by atoms with Crippen LogP contribution < -0.4 is 0 Å². The molecule has 2 aliphatic rings. The monoisotopic (exact) mass is 798 g/mol. The average Bonchev–Trinajstić information content (AvgIpc) is 3.57. The number of carbonyl (C=O) groups excluding carboxylic acids is 3. The highest BCUT2D eigenvalue weighted by Gasteiger charge is 2.43. The summed E-state index contributed by atoms with van der Waals surface area (Å²) in [6.45, 7) is 5.54.